The molecule has 122 valence electrons. The molecule has 6 nitrogen and oxygen atoms in total. The minimum absolute atomic E-state index is 0.0274. The number of non-ortho nitro benzene ring substituents is 1. The molecular weight excluding hydrogens is 316 g/mol. The fourth-order valence-corrected chi connectivity index (χ4v) is 3.29. The zero-order valence-electron chi connectivity index (χ0n) is 13.1. The topological polar surface area (TPSA) is 89.3 Å². The van der Waals surface area contributed by atoms with E-state index in [2.05, 4.69) is 5.32 Å². The van der Waals surface area contributed by atoms with Crippen molar-refractivity contribution in [3.63, 3.8) is 0 Å². The van der Waals surface area contributed by atoms with Gasteiger partial charge in [0.1, 0.15) is 0 Å². The summed E-state index contributed by atoms with van der Waals surface area (Å²) >= 11 is 0. The van der Waals surface area contributed by atoms with Gasteiger partial charge in [0.25, 0.3) is 5.69 Å². The van der Waals surface area contributed by atoms with Crippen LogP contribution in [0.2, 0.25) is 0 Å². The van der Waals surface area contributed by atoms with Gasteiger partial charge in [-0.05, 0) is 57.2 Å². The van der Waals surface area contributed by atoms with Gasteiger partial charge in [0.2, 0.25) is 9.84 Å². The van der Waals surface area contributed by atoms with Gasteiger partial charge in [0.15, 0.2) is 0 Å². The van der Waals surface area contributed by atoms with Gasteiger partial charge in [-0.2, -0.15) is 0 Å². The summed E-state index contributed by atoms with van der Waals surface area (Å²) in [7, 11) is -3.69. The van der Waals surface area contributed by atoms with Crippen LogP contribution < -0.4 is 5.32 Å². The lowest BCUT2D eigenvalue weighted by atomic mass is 10.1. The lowest BCUT2D eigenvalue weighted by molar-refractivity contribution is -0.384. The second-order valence-electron chi connectivity index (χ2n) is 6.15. The monoisotopic (exact) mass is 334 g/mol. The number of anilines is 1. The second-order valence-corrected chi connectivity index (χ2v) is 8.10. The van der Waals surface area contributed by atoms with Crippen LogP contribution in [0.5, 0.6) is 0 Å². The molecule has 2 rings (SSSR count). The van der Waals surface area contributed by atoms with Crippen molar-refractivity contribution in [1.29, 1.82) is 0 Å². The molecule has 0 aromatic heterocycles. The molecule has 0 unspecified atom stereocenters. The van der Waals surface area contributed by atoms with E-state index in [1.807, 2.05) is 20.8 Å². The van der Waals surface area contributed by atoms with Gasteiger partial charge in [0, 0.05) is 23.4 Å². The van der Waals surface area contributed by atoms with E-state index in [1.54, 1.807) is 12.1 Å². The number of benzene rings is 2. The molecule has 0 fully saturated rings. The zero-order chi connectivity index (χ0) is 17.3. The molecule has 2 aromatic rings. The summed E-state index contributed by atoms with van der Waals surface area (Å²) in [5, 5.41) is 13.9. The first-order valence-corrected chi connectivity index (χ1v) is 8.46. The van der Waals surface area contributed by atoms with E-state index in [0.29, 0.717) is 0 Å². The largest absolute Gasteiger partial charge is 0.380 e. The van der Waals surface area contributed by atoms with Crippen LogP contribution in [0.15, 0.2) is 58.3 Å². The average Bonchev–Trinajstić information content (AvgIpc) is 2.46. The molecule has 0 aliphatic heterocycles. The Hall–Kier alpha value is -2.41. The van der Waals surface area contributed by atoms with E-state index in [0.717, 1.165) is 5.69 Å². The number of nitrogens with zero attached hydrogens (tertiary/aromatic N) is 1. The van der Waals surface area contributed by atoms with E-state index < -0.39 is 14.8 Å². The van der Waals surface area contributed by atoms with Gasteiger partial charge in [-0.1, -0.05) is 0 Å². The molecule has 0 spiro atoms. The molecule has 0 atom stereocenters. The summed E-state index contributed by atoms with van der Waals surface area (Å²) < 4.78 is 25.0. The number of nitro benzene ring substituents is 1. The number of rotatable bonds is 4. The highest BCUT2D eigenvalue weighted by Gasteiger charge is 2.19. The van der Waals surface area contributed by atoms with Crippen LogP contribution in [0.1, 0.15) is 20.8 Å². The highest BCUT2D eigenvalue weighted by molar-refractivity contribution is 7.91. The van der Waals surface area contributed by atoms with Gasteiger partial charge in [-0.3, -0.25) is 10.1 Å². The Labute approximate surface area is 135 Å². The highest BCUT2D eigenvalue weighted by atomic mass is 32.2. The molecule has 0 aliphatic carbocycles. The molecule has 0 saturated carbocycles. The Morgan fingerprint density at radius 1 is 0.913 bits per heavy atom. The van der Waals surface area contributed by atoms with Gasteiger partial charge in [0.05, 0.1) is 14.7 Å². The van der Waals surface area contributed by atoms with E-state index in [4.69, 9.17) is 0 Å². The molecule has 0 aliphatic rings. The number of nitrogens with one attached hydrogen (secondary N) is 1. The molecule has 0 saturated heterocycles. The number of sulfone groups is 1. The Bertz CT molecular complexity index is 805. The Kier molecular flexibility index (Phi) is 4.42. The maximum atomic E-state index is 12.5. The minimum atomic E-state index is -3.69. The summed E-state index contributed by atoms with van der Waals surface area (Å²) in [5.74, 6) is 0. The van der Waals surface area contributed by atoms with E-state index in [-0.39, 0.29) is 21.0 Å². The van der Waals surface area contributed by atoms with E-state index >= 15 is 0 Å². The van der Waals surface area contributed by atoms with Gasteiger partial charge in [-0.25, -0.2) is 8.42 Å². The number of hydrogen-bond donors (Lipinski definition) is 1. The Morgan fingerprint density at radius 3 is 1.74 bits per heavy atom. The van der Waals surface area contributed by atoms with Crippen LogP contribution >= 0.6 is 0 Å². The zero-order valence-corrected chi connectivity index (χ0v) is 13.9. The first-order chi connectivity index (χ1) is 10.6. The van der Waals surface area contributed by atoms with Crippen LogP contribution in [-0.2, 0) is 9.84 Å². The smallest absolute Gasteiger partial charge is 0.269 e. The molecule has 0 amide bonds. The fourth-order valence-electron chi connectivity index (χ4n) is 2.03. The summed E-state index contributed by atoms with van der Waals surface area (Å²) in [6.07, 6.45) is 0. The van der Waals surface area contributed by atoms with Gasteiger partial charge >= 0.3 is 0 Å². The number of nitro groups is 1. The van der Waals surface area contributed by atoms with Crippen molar-refractivity contribution in [2.45, 2.75) is 36.1 Å². The lowest BCUT2D eigenvalue weighted by Gasteiger charge is -2.22. The Balaban J connectivity index is 2.30. The van der Waals surface area contributed by atoms with Crippen LogP contribution in [0, 0.1) is 10.1 Å². The third kappa shape index (κ3) is 4.07. The summed E-state index contributed by atoms with van der Waals surface area (Å²) in [6.45, 7) is 6.03. The van der Waals surface area contributed by atoms with Crippen LogP contribution in [0.25, 0.3) is 0 Å². The normalized spacial score (nSPS) is 12.0. The lowest BCUT2D eigenvalue weighted by Crippen LogP contribution is -2.25. The molecule has 0 radical (unpaired) electrons. The predicted octanol–water partition coefficient (Wildman–Crippen LogP) is 3.64. The van der Waals surface area contributed by atoms with E-state index in [9.17, 15) is 18.5 Å². The van der Waals surface area contributed by atoms with Crippen LogP contribution in [0.3, 0.4) is 0 Å². The van der Waals surface area contributed by atoms with Gasteiger partial charge < -0.3 is 5.32 Å². The summed E-state index contributed by atoms with van der Waals surface area (Å²) in [5.41, 5.74) is 0.549. The first kappa shape index (κ1) is 17.0. The standard InChI is InChI=1S/C16H18N2O4S/c1-16(2,3)17-12-4-8-14(9-5-12)23(21,22)15-10-6-13(7-11-15)18(19)20/h4-11,17H,1-3H3. The SMILES string of the molecule is CC(C)(C)Nc1ccc(S(=O)(=O)c2ccc([N+](=O)[O-])cc2)cc1. The van der Waals surface area contributed by atoms with Crippen molar-refractivity contribution >= 4 is 21.2 Å². The van der Waals surface area contributed by atoms with Gasteiger partial charge in [-0.15, -0.1) is 0 Å². The van der Waals surface area contributed by atoms with Crippen molar-refractivity contribution in [2.75, 3.05) is 5.32 Å². The Morgan fingerprint density at radius 2 is 1.35 bits per heavy atom. The third-order valence-electron chi connectivity index (χ3n) is 3.04. The van der Waals surface area contributed by atoms with Crippen molar-refractivity contribution in [3.05, 3.63) is 58.6 Å². The predicted molar refractivity (Wildman–Crippen MR) is 88.4 cm³/mol. The van der Waals surface area contributed by atoms with Crippen molar-refractivity contribution in [3.8, 4) is 0 Å². The highest BCUT2D eigenvalue weighted by Crippen LogP contribution is 2.25. The molecule has 0 bridgehead atoms. The molecule has 1 N–H and O–H groups in total. The third-order valence-corrected chi connectivity index (χ3v) is 4.83. The molecule has 2 aromatic carbocycles. The molecule has 0 heterocycles. The van der Waals surface area contributed by atoms with Crippen molar-refractivity contribution in [2.24, 2.45) is 0 Å². The second kappa shape index (κ2) is 6.00. The minimum Gasteiger partial charge on any atom is -0.380 e. The summed E-state index contributed by atoms with van der Waals surface area (Å²) in [6, 6.07) is 11.3. The van der Waals surface area contributed by atoms with Crippen molar-refractivity contribution < 1.29 is 13.3 Å². The van der Waals surface area contributed by atoms with Crippen LogP contribution in [-0.4, -0.2) is 18.9 Å². The average molecular weight is 334 g/mol. The molecular formula is C16H18N2O4S. The maximum Gasteiger partial charge on any atom is 0.269 e. The molecule has 23 heavy (non-hydrogen) atoms. The van der Waals surface area contributed by atoms with E-state index in [1.165, 1.54) is 36.4 Å². The van der Waals surface area contributed by atoms with Crippen molar-refractivity contribution in [1.82, 2.24) is 0 Å². The molecule has 7 heteroatoms. The van der Waals surface area contributed by atoms with Crippen LogP contribution in [0.4, 0.5) is 11.4 Å². The first-order valence-electron chi connectivity index (χ1n) is 6.97. The quantitative estimate of drug-likeness (QED) is 0.681. The summed E-state index contributed by atoms with van der Waals surface area (Å²) in [4.78, 5) is 10.2. The maximum absolute atomic E-state index is 12.5. The fraction of sp³-hybridized carbons (Fsp3) is 0.250. The number of hydrogen-bond acceptors (Lipinski definition) is 5.